The molecule has 4 aromatic rings. The molecule has 0 aliphatic carbocycles. The van der Waals surface area contributed by atoms with Crippen LogP contribution in [0, 0.1) is 0 Å². The number of anilines is 2. The Hall–Kier alpha value is -2.83. The summed E-state index contributed by atoms with van der Waals surface area (Å²) in [6, 6.07) is 25.4. The van der Waals surface area contributed by atoms with Gasteiger partial charge in [0, 0.05) is 16.6 Å². The van der Waals surface area contributed by atoms with E-state index in [4.69, 9.17) is 9.47 Å². The number of benzene rings is 3. The normalized spacial score (nSPS) is 10.0. The molecule has 0 spiro atoms. The molecule has 0 saturated carbocycles. The van der Waals surface area contributed by atoms with E-state index in [1.54, 1.807) is 18.4 Å². The number of nitrogens with one attached hydrogen (secondary N) is 1. The molecule has 4 rings (SSSR count). The van der Waals surface area contributed by atoms with Crippen LogP contribution in [-0.2, 0) is 0 Å². The monoisotopic (exact) mass is 454 g/mol. The molecule has 1 heterocycles. The minimum atomic E-state index is 0. The molecule has 0 aliphatic rings. The van der Waals surface area contributed by atoms with Crippen LogP contribution in [0.1, 0.15) is 0 Å². The highest BCUT2D eigenvalue weighted by Gasteiger charge is 2.09. The lowest BCUT2D eigenvalue weighted by Gasteiger charge is -2.07. The summed E-state index contributed by atoms with van der Waals surface area (Å²) in [4.78, 5) is 4.67. The van der Waals surface area contributed by atoms with Crippen molar-refractivity contribution in [3.8, 4) is 28.5 Å². The topological polar surface area (TPSA) is 43.4 Å². The SMILES string of the molecule is Br.COc1ccccc1-c1csc(Nc2ccc(Oc3ccccc3)cc2)n1. The number of aromatic nitrogens is 1. The Balaban J connectivity index is 0.00000225. The van der Waals surface area contributed by atoms with Crippen LogP contribution < -0.4 is 14.8 Å². The maximum atomic E-state index is 5.82. The van der Waals surface area contributed by atoms with Gasteiger partial charge >= 0.3 is 0 Å². The quantitative estimate of drug-likeness (QED) is 0.342. The van der Waals surface area contributed by atoms with Gasteiger partial charge in [-0.3, -0.25) is 0 Å². The highest BCUT2D eigenvalue weighted by Crippen LogP contribution is 2.33. The molecule has 0 atom stereocenters. The predicted octanol–water partition coefficient (Wildman–Crippen LogP) is 6.93. The summed E-state index contributed by atoms with van der Waals surface area (Å²) in [5.74, 6) is 2.43. The van der Waals surface area contributed by atoms with Gasteiger partial charge in [-0.25, -0.2) is 4.98 Å². The van der Waals surface area contributed by atoms with Gasteiger partial charge in [0.15, 0.2) is 5.13 Å². The molecular formula is C22H19BrN2O2S. The second-order valence-corrected chi connectivity index (χ2v) is 6.66. The lowest BCUT2D eigenvalue weighted by Crippen LogP contribution is -1.91. The molecule has 0 unspecified atom stereocenters. The van der Waals surface area contributed by atoms with Crippen LogP contribution in [-0.4, -0.2) is 12.1 Å². The van der Waals surface area contributed by atoms with Crippen LogP contribution in [0.25, 0.3) is 11.3 Å². The van der Waals surface area contributed by atoms with Gasteiger partial charge < -0.3 is 14.8 Å². The van der Waals surface area contributed by atoms with E-state index in [2.05, 4.69) is 10.3 Å². The largest absolute Gasteiger partial charge is 0.496 e. The van der Waals surface area contributed by atoms with E-state index in [0.717, 1.165) is 39.3 Å². The van der Waals surface area contributed by atoms with Crippen LogP contribution in [0.3, 0.4) is 0 Å². The number of ether oxygens (including phenoxy) is 2. The molecule has 0 fully saturated rings. The van der Waals surface area contributed by atoms with Crippen molar-refractivity contribution in [1.29, 1.82) is 0 Å². The van der Waals surface area contributed by atoms with E-state index in [-0.39, 0.29) is 17.0 Å². The zero-order valence-electron chi connectivity index (χ0n) is 15.2. The molecule has 0 amide bonds. The first kappa shape index (κ1) is 19.9. The number of halogens is 1. The van der Waals surface area contributed by atoms with Gasteiger partial charge in [-0.15, -0.1) is 28.3 Å². The standard InChI is InChI=1S/C22H18N2O2S.BrH/c1-25-21-10-6-5-9-19(21)20-15-27-22(24-20)23-16-11-13-18(14-12-16)26-17-7-3-2-4-8-17;/h2-15H,1H3,(H,23,24);1H. The van der Waals surface area contributed by atoms with Crippen LogP contribution in [0.2, 0.25) is 0 Å². The molecule has 1 aromatic heterocycles. The summed E-state index contributed by atoms with van der Waals surface area (Å²) in [7, 11) is 1.67. The third-order valence-electron chi connectivity index (χ3n) is 3.97. The van der Waals surface area contributed by atoms with Crippen molar-refractivity contribution in [2.45, 2.75) is 0 Å². The van der Waals surface area contributed by atoms with Crippen molar-refractivity contribution in [2.75, 3.05) is 12.4 Å². The van der Waals surface area contributed by atoms with E-state index in [1.807, 2.05) is 84.2 Å². The molecule has 142 valence electrons. The minimum Gasteiger partial charge on any atom is -0.496 e. The lowest BCUT2D eigenvalue weighted by atomic mass is 10.1. The number of hydrogen-bond donors (Lipinski definition) is 1. The van der Waals surface area contributed by atoms with E-state index in [9.17, 15) is 0 Å². The van der Waals surface area contributed by atoms with Gasteiger partial charge in [-0.05, 0) is 48.5 Å². The Morgan fingerprint density at radius 2 is 1.50 bits per heavy atom. The van der Waals surface area contributed by atoms with Crippen molar-refractivity contribution in [2.24, 2.45) is 0 Å². The molecule has 28 heavy (non-hydrogen) atoms. The van der Waals surface area contributed by atoms with Crippen LogP contribution >= 0.6 is 28.3 Å². The second kappa shape index (κ2) is 9.39. The summed E-state index contributed by atoms with van der Waals surface area (Å²) in [5, 5.41) is 6.18. The molecule has 0 aliphatic heterocycles. The zero-order chi connectivity index (χ0) is 18.5. The molecule has 0 bridgehead atoms. The summed E-state index contributed by atoms with van der Waals surface area (Å²) in [6.45, 7) is 0. The van der Waals surface area contributed by atoms with Gasteiger partial charge in [-0.1, -0.05) is 30.3 Å². The molecule has 3 aromatic carbocycles. The van der Waals surface area contributed by atoms with E-state index >= 15 is 0 Å². The molecular weight excluding hydrogens is 436 g/mol. The lowest BCUT2D eigenvalue weighted by molar-refractivity contribution is 0.416. The fourth-order valence-electron chi connectivity index (χ4n) is 2.67. The smallest absolute Gasteiger partial charge is 0.187 e. The van der Waals surface area contributed by atoms with Crippen molar-refractivity contribution < 1.29 is 9.47 Å². The fourth-order valence-corrected chi connectivity index (χ4v) is 3.40. The minimum absolute atomic E-state index is 0. The zero-order valence-corrected chi connectivity index (χ0v) is 17.7. The van der Waals surface area contributed by atoms with Crippen molar-refractivity contribution >= 4 is 39.1 Å². The maximum absolute atomic E-state index is 5.82. The Bertz CT molecular complexity index is 1020. The number of hydrogen-bond acceptors (Lipinski definition) is 5. The molecule has 0 saturated heterocycles. The average Bonchev–Trinajstić information content (AvgIpc) is 3.18. The molecule has 4 nitrogen and oxygen atoms in total. The third kappa shape index (κ3) is 4.71. The van der Waals surface area contributed by atoms with Gasteiger partial charge in [0.25, 0.3) is 0 Å². The van der Waals surface area contributed by atoms with Gasteiger partial charge in [0.1, 0.15) is 17.2 Å². The first-order valence-electron chi connectivity index (χ1n) is 8.51. The third-order valence-corrected chi connectivity index (χ3v) is 4.73. The Morgan fingerprint density at radius 1 is 0.821 bits per heavy atom. The van der Waals surface area contributed by atoms with Crippen molar-refractivity contribution in [3.05, 3.63) is 84.2 Å². The first-order valence-corrected chi connectivity index (χ1v) is 9.39. The summed E-state index contributed by atoms with van der Waals surface area (Å²) in [5.41, 5.74) is 2.83. The average molecular weight is 455 g/mol. The molecule has 1 N–H and O–H groups in total. The Kier molecular flexibility index (Phi) is 6.68. The molecule has 0 radical (unpaired) electrons. The van der Waals surface area contributed by atoms with Crippen LogP contribution in [0.4, 0.5) is 10.8 Å². The second-order valence-electron chi connectivity index (χ2n) is 5.80. The summed E-state index contributed by atoms with van der Waals surface area (Å²) in [6.07, 6.45) is 0. The Morgan fingerprint density at radius 3 is 2.25 bits per heavy atom. The summed E-state index contributed by atoms with van der Waals surface area (Å²) >= 11 is 1.56. The van der Waals surface area contributed by atoms with Crippen molar-refractivity contribution in [3.63, 3.8) is 0 Å². The summed E-state index contributed by atoms with van der Waals surface area (Å²) < 4.78 is 11.2. The first-order chi connectivity index (χ1) is 13.3. The van der Waals surface area contributed by atoms with Gasteiger partial charge in [-0.2, -0.15) is 0 Å². The highest BCUT2D eigenvalue weighted by molar-refractivity contribution is 8.93. The molecule has 6 heteroatoms. The number of methoxy groups -OCH3 is 1. The van der Waals surface area contributed by atoms with E-state index in [1.165, 1.54) is 0 Å². The van der Waals surface area contributed by atoms with Gasteiger partial charge in [0.05, 0.1) is 12.8 Å². The van der Waals surface area contributed by atoms with Crippen LogP contribution in [0.5, 0.6) is 17.2 Å². The van der Waals surface area contributed by atoms with Crippen LogP contribution in [0.15, 0.2) is 84.2 Å². The van der Waals surface area contributed by atoms with E-state index < -0.39 is 0 Å². The highest BCUT2D eigenvalue weighted by atomic mass is 79.9. The Labute approximate surface area is 178 Å². The van der Waals surface area contributed by atoms with E-state index in [0.29, 0.717) is 0 Å². The van der Waals surface area contributed by atoms with Gasteiger partial charge in [0.2, 0.25) is 0 Å². The number of para-hydroxylation sites is 2. The number of nitrogens with zero attached hydrogens (tertiary/aromatic N) is 1. The fraction of sp³-hybridized carbons (Fsp3) is 0.0455. The number of thiazole rings is 1. The maximum Gasteiger partial charge on any atom is 0.187 e. The predicted molar refractivity (Wildman–Crippen MR) is 121 cm³/mol. The van der Waals surface area contributed by atoms with Crippen molar-refractivity contribution in [1.82, 2.24) is 4.98 Å². The number of rotatable bonds is 6.